The molecule has 2 N–H and O–H groups in total. The summed E-state index contributed by atoms with van der Waals surface area (Å²) in [6, 6.07) is 3.83. The highest BCUT2D eigenvalue weighted by Crippen LogP contribution is 2.48. The van der Waals surface area contributed by atoms with E-state index in [2.05, 4.69) is 18.7 Å². The Balaban J connectivity index is 2.35. The summed E-state index contributed by atoms with van der Waals surface area (Å²) in [5, 5.41) is 19.4. The van der Waals surface area contributed by atoms with Crippen LogP contribution in [0.1, 0.15) is 55.8 Å². The number of hydrogen-bond acceptors (Lipinski definition) is 3. The van der Waals surface area contributed by atoms with Crippen molar-refractivity contribution in [3.63, 3.8) is 0 Å². The molecule has 4 heteroatoms. The van der Waals surface area contributed by atoms with Gasteiger partial charge in [-0.25, -0.2) is 0 Å². The highest BCUT2D eigenvalue weighted by Gasteiger charge is 2.36. The summed E-state index contributed by atoms with van der Waals surface area (Å²) < 4.78 is 0. The molecular formula is C17H25NO3. The van der Waals surface area contributed by atoms with E-state index in [0.717, 1.165) is 18.5 Å². The summed E-state index contributed by atoms with van der Waals surface area (Å²) in [5.74, 6) is -0.442. The fourth-order valence-electron chi connectivity index (χ4n) is 3.55. The van der Waals surface area contributed by atoms with Crippen LogP contribution in [0.5, 0.6) is 5.75 Å². The van der Waals surface area contributed by atoms with Gasteiger partial charge in [-0.15, -0.1) is 0 Å². The minimum atomic E-state index is -0.770. The van der Waals surface area contributed by atoms with Crippen molar-refractivity contribution in [2.45, 2.75) is 46.1 Å². The zero-order chi connectivity index (χ0) is 15.7. The molecule has 1 aliphatic carbocycles. The number of aromatic hydroxyl groups is 1. The lowest BCUT2D eigenvalue weighted by atomic mass is 9.97. The summed E-state index contributed by atoms with van der Waals surface area (Å²) in [6.07, 6.45) is 0.938. The van der Waals surface area contributed by atoms with E-state index in [1.807, 2.05) is 13.0 Å². The van der Waals surface area contributed by atoms with Gasteiger partial charge >= 0.3 is 5.97 Å². The lowest BCUT2D eigenvalue weighted by molar-refractivity contribution is -0.141. The van der Waals surface area contributed by atoms with Gasteiger partial charge in [0.25, 0.3) is 0 Å². The quantitative estimate of drug-likeness (QED) is 0.874. The van der Waals surface area contributed by atoms with Crippen LogP contribution >= 0.6 is 0 Å². The Labute approximate surface area is 126 Å². The number of hydrogen-bond donors (Lipinski definition) is 2. The molecule has 0 amide bonds. The molecule has 2 rings (SSSR count). The fourth-order valence-corrected chi connectivity index (χ4v) is 3.55. The number of carbonyl (C=O) groups is 1. The van der Waals surface area contributed by atoms with Crippen LogP contribution in [0.2, 0.25) is 0 Å². The highest BCUT2D eigenvalue weighted by atomic mass is 16.4. The summed E-state index contributed by atoms with van der Waals surface area (Å²) in [5.41, 5.74) is 3.45. The average Bonchev–Trinajstić information content (AvgIpc) is 2.78. The summed E-state index contributed by atoms with van der Waals surface area (Å²) in [7, 11) is 0. The lowest BCUT2D eigenvalue weighted by Crippen LogP contribution is -2.34. The van der Waals surface area contributed by atoms with Gasteiger partial charge in [-0.05, 0) is 43.0 Å². The third-order valence-corrected chi connectivity index (χ3v) is 4.66. The molecule has 0 fully saturated rings. The first-order valence-corrected chi connectivity index (χ1v) is 7.66. The number of rotatable bonds is 5. The highest BCUT2D eigenvalue weighted by molar-refractivity contribution is 5.69. The molecule has 0 saturated carbocycles. The number of fused-ring (bicyclic) bond motifs is 1. The molecule has 0 aliphatic heterocycles. The molecule has 3 atom stereocenters. The van der Waals surface area contributed by atoms with E-state index in [0.29, 0.717) is 18.2 Å². The predicted molar refractivity (Wildman–Crippen MR) is 82.7 cm³/mol. The number of carboxylic acid groups (broad SMARTS) is 1. The van der Waals surface area contributed by atoms with Crippen LogP contribution in [0.15, 0.2) is 12.1 Å². The number of carboxylic acids is 1. The first kappa shape index (κ1) is 15.8. The van der Waals surface area contributed by atoms with Gasteiger partial charge in [-0.2, -0.15) is 0 Å². The molecule has 4 nitrogen and oxygen atoms in total. The Morgan fingerprint density at radius 3 is 2.67 bits per heavy atom. The fraction of sp³-hybridized carbons (Fsp3) is 0.588. The van der Waals surface area contributed by atoms with E-state index in [1.165, 1.54) is 11.1 Å². The van der Waals surface area contributed by atoms with Crippen LogP contribution in [-0.2, 0) is 4.79 Å². The maximum atomic E-state index is 11.1. The van der Waals surface area contributed by atoms with Crippen LogP contribution in [0.4, 0.5) is 0 Å². The third kappa shape index (κ3) is 2.91. The van der Waals surface area contributed by atoms with Crippen molar-refractivity contribution in [1.29, 1.82) is 0 Å². The number of aliphatic carboxylic acids is 1. The van der Waals surface area contributed by atoms with Gasteiger partial charge in [0, 0.05) is 18.2 Å². The molecule has 0 aromatic heterocycles. The van der Waals surface area contributed by atoms with Gasteiger partial charge in [-0.1, -0.05) is 26.8 Å². The molecule has 1 aliphatic rings. The van der Waals surface area contributed by atoms with Crippen molar-refractivity contribution >= 4 is 5.97 Å². The third-order valence-electron chi connectivity index (χ3n) is 4.66. The maximum Gasteiger partial charge on any atom is 0.307 e. The Morgan fingerprint density at radius 1 is 1.43 bits per heavy atom. The standard InChI is InChI=1S/C17H25NO3/c1-5-18(9-12(4)17(20)21)13-8-11(3)15-10(2)6-7-14(19)16(13)15/h6-7,11-13,19H,5,8-9H2,1-4H3,(H,20,21). The van der Waals surface area contributed by atoms with Crippen LogP contribution in [-0.4, -0.2) is 34.2 Å². The summed E-state index contributed by atoms with van der Waals surface area (Å²) >= 11 is 0. The molecular weight excluding hydrogens is 266 g/mol. The van der Waals surface area contributed by atoms with Gasteiger partial charge in [0.15, 0.2) is 0 Å². The van der Waals surface area contributed by atoms with E-state index in [-0.39, 0.29) is 6.04 Å². The Kier molecular flexibility index (Phi) is 4.57. The van der Waals surface area contributed by atoms with Crippen molar-refractivity contribution in [1.82, 2.24) is 4.90 Å². The Bertz CT molecular complexity index is 541. The molecule has 0 radical (unpaired) electrons. The zero-order valence-corrected chi connectivity index (χ0v) is 13.3. The van der Waals surface area contributed by atoms with Gasteiger partial charge in [0.05, 0.1) is 5.92 Å². The van der Waals surface area contributed by atoms with Gasteiger partial charge < -0.3 is 10.2 Å². The molecule has 116 valence electrons. The smallest absolute Gasteiger partial charge is 0.307 e. The first-order valence-electron chi connectivity index (χ1n) is 7.66. The molecule has 1 aromatic rings. The largest absolute Gasteiger partial charge is 0.508 e. The first-order chi connectivity index (χ1) is 9.86. The molecule has 0 spiro atoms. The van der Waals surface area contributed by atoms with E-state index in [9.17, 15) is 9.90 Å². The van der Waals surface area contributed by atoms with Crippen LogP contribution < -0.4 is 0 Å². The second-order valence-electron chi connectivity index (χ2n) is 6.21. The molecule has 0 saturated heterocycles. The Hall–Kier alpha value is -1.55. The minimum absolute atomic E-state index is 0.113. The van der Waals surface area contributed by atoms with Crippen LogP contribution in [0.3, 0.4) is 0 Å². The summed E-state index contributed by atoms with van der Waals surface area (Å²) in [4.78, 5) is 13.3. The molecule has 1 aromatic carbocycles. The molecule has 0 heterocycles. The number of aryl methyl sites for hydroxylation is 1. The lowest BCUT2D eigenvalue weighted by Gasteiger charge is -2.30. The number of benzene rings is 1. The SMILES string of the molecule is CCN(CC(C)C(=O)O)C1CC(C)c2c(C)ccc(O)c21. The van der Waals surface area contributed by atoms with Crippen molar-refractivity contribution in [2.24, 2.45) is 5.92 Å². The van der Waals surface area contributed by atoms with Gasteiger partial charge in [0.1, 0.15) is 5.75 Å². The van der Waals surface area contributed by atoms with Crippen molar-refractivity contribution in [3.05, 3.63) is 28.8 Å². The molecule has 0 bridgehead atoms. The minimum Gasteiger partial charge on any atom is -0.508 e. The topological polar surface area (TPSA) is 60.8 Å². The number of phenols is 1. The summed E-state index contributed by atoms with van der Waals surface area (Å²) in [6.45, 7) is 9.33. The van der Waals surface area contributed by atoms with Gasteiger partial charge in [-0.3, -0.25) is 9.69 Å². The van der Waals surface area contributed by atoms with Crippen molar-refractivity contribution in [2.75, 3.05) is 13.1 Å². The van der Waals surface area contributed by atoms with E-state index in [1.54, 1.807) is 13.0 Å². The van der Waals surface area contributed by atoms with Crippen LogP contribution in [0, 0.1) is 12.8 Å². The number of phenolic OH excluding ortho intramolecular Hbond substituents is 1. The van der Waals surface area contributed by atoms with E-state index in [4.69, 9.17) is 5.11 Å². The van der Waals surface area contributed by atoms with Gasteiger partial charge in [0.2, 0.25) is 0 Å². The molecule has 21 heavy (non-hydrogen) atoms. The second kappa shape index (κ2) is 6.06. The second-order valence-corrected chi connectivity index (χ2v) is 6.21. The normalized spacial score (nSPS) is 22.3. The predicted octanol–water partition coefficient (Wildman–Crippen LogP) is 3.29. The van der Waals surface area contributed by atoms with Crippen molar-refractivity contribution < 1.29 is 15.0 Å². The maximum absolute atomic E-state index is 11.1. The van der Waals surface area contributed by atoms with Crippen molar-refractivity contribution in [3.8, 4) is 5.75 Å². The van der Waals surface area contributed by atoms with E-state index >= 15 is 0 Å². The van der Waals surface area contributed by atoms with Crippen LogP contribution in [0.25, 0.3) is 0 Å². The molecule has 3 unspecified atom stereocenters. The monoisotopic (exact) mass is 291 g/mol. The average molecular weight is 291 g/mol. The van der Waals surface area contributed by atoms with E-state index < -0.39 is 11.9 Å². The Morgan fingerprint density at radius 2 is 2.10 bits per heavy atom. The zero-order valence-electron chi connectivity index (χ0n) is 13.3. The number of nitrogens with zero attached hydrogens (tertiary/aromatic N) is 1.